The molecule has 1 aromatic rings. The van der Waals surface area contributed by atoms with Crippen LogP contribution in [0.5, 0.6) is 0 Å². The van der Waals surface area contributed by atoms with Crippen LogP contribution >= 0.6 is 0 Å². The molecule has 0 bridgehead atoms. The number of nitrogen functional groups attached to an aromatic ring is 1. The van der Waals surface area contributed by atoms with Crippen molar-refractivity contribution in [3.63, 3.8) is 0 Å². The third-order valence-electron chi connectivity index (χ3n) is 2.45. The summed E-state index contributed by atoms with van der Waals surface area (Å²) >= 11 is 0.274. The van der Waals surface area contributed by atoms with E-state index >= 15 is 0 Å². The second-order valence-corrected chi connectivity index (χ2v) is 6.63. The molecule has 0 aliphatic carbocycles. The molecule has 1 fully saturated rings. The third kappa shape index (κ3) is 2.22. The molecule has 2 atom stereocenters. The minimum absolute atomic E-state index is 0.230. The molecule has 5 nitrogen and oxygen atoms in total. The molecule has 1 saturated heterocycles. The molecule has 0 aromatic carbocycles. The Hall–Kier alpha value is -0.841. The fraction of sp³-hybridized carbons (Fsp3) is 0.556. The summed E-state index contributed by atoms with van der Waals surface area (Å²) in [5, 5.41) is 9.04. The van der Waals surface area contributed by atoms with Gasteiger partial charge in [-0.05, 0) is 0 Å². The Balaban J connectivity index is 2.20. The zero-order chi connectivity index (χ0) is 10.8. The van der Waals surface area contributed by atoms with Crippen molar-refractivity contribution >= 4 is 20.8 Å². The number of nitrogens with zero attached hydrogens (tertiary/aromatic N) is 2. The van der Waals surface area contributed by atoms with Crippen LogP contribution in [0.1, 0.15) is 17.8 Å². The van der Waals surface area contributed by atoms with Gasteiger partial charge >= 0.3 is 93.1 Å². The molecule has 0 radical (unpaired) electrons. The first kappa shape index (κ1) is 10.7. The first-order valence-electron chi connectivity index (χ1n) is 4.81. The molecule has 1 aromatic heterocycles. The van der Waals surface area contributed by atoms with Gasteiger partial charge in [-0.3, -0.25) is 0 Å². The summed E-state index contributed by atoms with van der Waals surface area (Å²) in [6, 6.07) is 1.64. The van der Waals surface area contributed by atoms with E-state index in [-0.39, 0.29) is 38.0 Å². The number of aliphatic hydroxyl groups excluding tert-OH is 1. The van der Waals surface area contributed by atoms with E-state index < -0.39 is 0 Å². The number of nitrogens with two attached hydrogens (primary N) is 1. The van der Waals surface area contributed by atoms with Gasteiger partial charge in [0.15, 0.2) is 0 Å². The molecule has 6 heteroatoms. The monoisotopic (exact) mass is 275 g/mol. The van der Waals surface area contributed by atoms with Crippen molar-refractivity contribution < 1.29 is 5.11 Å². The second-order valence-electron chi connectivity index (χ2n) is 3.51. The standard InChI is InChI=1S/C9H13N3O2Se/c10-7-3-4-12(9(14)11-7)8-2-1-6(5-13)15-8/h3-4,6,8,13H,1-2,5H2,(H2,10,11,14)/t6-,8+/m0/s1. The molecule has 0 amide bonds. The summed E-state index contributed by atoms with van der Waals surface area (Å²) in [7, 11) is 0. The predicted octanol–water partition coefficient (Wildman–Crippen LogP) is -0.397. The van der Waals surface area contributed by atoms with Crippen molar-refractivity contribution in [2.24, 2.45) is 0 Å². The van der Waals surface area contributed by atoms with Crippen molar-refractivity contribution in [3.05, 3.63) is 22.7 Å². The van der Waals surface area contributed by atoms with Crippen LogP contribution in [-0.2, 0) is 0 Å². The Bertz CT molecular complexity index is 407. The van der Waals surface area contributed by atoms with Gasteiger partial charge in [0.1, 0.15) is 0 Å². The Labute approximate surface area is 93.5 Å². The van der Waals surface area contributed by atoms with Crippen molar-refractivity contribution in [3.8, 4) is 0 Å². The topological polar surface area (TPSA) is 81.1 Å². The first-order chi connectivity index (χ1) is 7.20. The maximum atomic E-state index is 11.5. The van der Waals surface area contributed by atoms with Gasteiger partial charge < -0.3 is 0 Å². The van der Waals surface area contributed by atoms with Gasteiger partial charge in [-0.1, -0.05) is 0 Å². The number of aromatic nitrogens is 2. The van der Waals surface area contributed by atoms with Gasteiger partial charge in [0.2, 0.25) is 0 Å². The van der Waals surface area contributed by atoms with E-state index in [0.717, 1.165) is 12.8 Å². The number of rotatable bonds is 2. The zero-order valence-electron chi connectivity index (χ0n) is 8.17. The van der Waals surface area contributed by atoms with Crippen LogP contribution in [0.2, 0.25) is 4.82 Å². The van der Waals surface area contributed by atoms with Gasteiger partial charge in [0, 0.05) is 0 Å². The zero-order valence-corrected chi connectivity index (χ0v) is 9.88. The number of aliphatic hydroxyl groups is 1. The van der Waals surface area contributed by atoms with Crippen LogP contribution in [0.4, 0.5) is 5.82 Å². The maximum absolute atomic E-state index is 11.5. The Morgan fingerprint density at radius 2 is 2.47 bits per heavy atom. The summed E-state index contributed by atoms with van der Waals surface area (Å²) in [6.45, 7) is 0.230. The number of anilines is 1. The summed E-state index contributed by atoms with van der Waals surface area (Å²) in [5.74, 6) is 0.264. The normalized spacial score (nSPS) is 25.7. The molecule has 0 saturated carbocycles. The summed E-state index contributed by atoms with van der Waals surface area (Å²) in [6.07, 6.45) is 3.66. The van der Waals surface area contributed by atoms with Crippen LogP contribution in [-0.4, -0.2) is 36.2 Å². The third-order valence-corrected chi connectivity index (χ3v) is 5.70. The molecule has 0 spiro atoms. The van der Waals surface area contributed by atoms with Gasteiger partial charge in [-0.2, -0.15) is 0 Å². The van der Waals surface area contributed by atoms with E-state index in [1.807, 2.05) is 0 Å². The van der Waals surface area contributed by atoms with Gasteiger partial charge in [0.05, 0.1) is 0 Å². The number of hydrogen-bond donors (Lipinski definition) is 2. The van der Waals surface area contributed by atoms with E-state index in [1.165, 1.54) is 0 Å². The molecule has 3 N–H and O–H groups in total. The van der Waals surface area contributed by atoms with Crippen molar-refractivity contribution in [2.45, 2.75) is 22.6 Å². The molecular weight excluding hydrogens is 261 g/mol. The fourth-order valence-electron chi connectivity index (χ4n) is 1.67. The quantitative estimate of drug-likeness (QED) is 0.719. The average Bonchev–Trinajstić information content (AvgIpc) is 2.66. The van der Waals surface area contributed by atoms with E-state index in [4.69, 9.17) is 10.8 Å². The van der Waals surface area contributed by atoms with Crippen molar-refractivity contribution in [1.29, 1.82) is 0 Å². The van der Waals surface area contributed by atoms with E-state index in [0.29, 0.717) is 4.82 Å². The molecular formula is C9H13N3O2Se. The summed E-state index contributed by atoms with van der Waals surface area (Å²) in [4.78, 5) is 15.9. The molecule has 1 aliphatic heterocycles. The molecule has 15 heavy (non-hydrogen) atoms. The van der Waals surface area contributed by atoms with E-state index in [1.54, 1.807) is 16.8 Å². The Kier molecular flexibility index (Phi) is 3.09. The molecule has 2 heterocycles. The van der Waals surface area contributed by atoms with Gasteiger partial charge in [0.25, 0.3) is 0 Å². The van der Waals surface area contributed by atoms with Gasteiger partial charge in [-0.15, -0.1) is 0 Å². The van der Waals surface area contributed by atoms with Crippen molar-refractivity contribution in [1.82, 2.24) is 9.55 Å². The summed E-state index contributed by atoms with van der Waals surface area (Å²) in [5.41, 5.74) is 5.14. The average molecular weight is 274 g/mol. The van der Waals surface area contributed by atoms with E-state index in [9.17, 15) is 4.79 Å². The minimum atomic E-state index is -0.277. The Morgan fingerprint density at radius 3 is 3.07 bits per heavy atom. The van der Waals surface area contributed by atoms with E-state index in [2.05, 4.69) is 4.98 Å². The van der Waals surface area contributed by atoms with Crippen LogP contribution in [0.3, 0.4) is 0 Å². The molecule has 82 valence electrons. The predicted molar refractivity (Wildman–Crippen MR) is 57.8 cm³/mol. The molecule has 0 unspecified atom stereocenters. The second kappa shape index (κ2) is 4.35. The van der Waals surface area contributed by atoms with Crippen LogP contribution in [0, 0.1) is 0 Å². The number of hydrogen-bond acceptors (Lipinski definition) is 4. The Morgan fingerprint density at radius 1 is 1.67 bits per heavy atom. The van der Waals surface area contributed by atoms with Crippen LogP contribution < -0.4 is 11.4 Å². The van der Waals surface area contributed by atoms with Crippen LogP contribution in [0.15, 0.2) is 17.1 Å². The van der Waals surface area contributed by atoms with Crippen LogP contribution in [0.25, 0.3) is 0 Å². The van der Waals surface area contributed by atoms with Gasteiger partial charge in [-0.25, -0.2) is 0 Å². The SMILES string of the molecule is Nc1ccn([C@H]2CC[C@@H](CO)[Se]2)c(=O)n1. The fourth-order valence-corrected chi connectivity index (χ4v) is 4.54. The summed E-state index contributed by atoms with van der Waals surface area (Å²) < 4.78 is 1.64. The molecule has 2 rings (SSSR count). The first-order valence-corrected chi connectivity index (χ1v) is 6.79. The molecule has 1 aliphatic rings. The van der Waals surface area contributed by atoms with Crippen molar-refractivity contribution in [2.75, 3.05) is 12.3 Å².